The van der Waals surface area contributed by atoms with Gasteiger partial charge in [0.25, 0.3) is 0 Å². The van der Waals surface area contributed by atoms with E-state index in [2.05, 4.69) is 34.3 Å². The maximum atomic E-state index is 11.6. The van der Waals surface area contributed by atoms with E-state index in [1.807, 2.05) is 0 Å². The highest BCUT2D eigenvalue weighted by molar-refractivity contribution is 5.66. The molecule has 26 heavy (non-hydrogen) atoms. The molecule has 0 unspecified atom stereocenters. The smallest absolute Gasteiger partial charge is 0.303 e. The van der Waals surface area contributed by atoms with Crippen LogP contribution in [-0.2, 0) is 19.0 Å². The van der Waals surface area contributed by atoms with Gasteiger partial charge >= 0.3 is 5.97 Å². The van der Waals surface area contributed by atoms with Crippen molar-refractivity contribution in [1.29, 1.82) is 0 Å². The fourth-order valence-electron chi connectivity index (χ4n) is 6.57. The molecule has 0 N–H and O–H groups in total. The summed E-state index contributed by atoms with van der Waals surface area (Å²) in [5, 5.41) is 0. The van der Waals surface area contributed by atoms with Crippen molar-refractivity contribution in [3.8, 4) is 0 Å². The van der Waals surface area contributed by atoms with E-state index in [9.17, 15) is 4.79 Å². The summed E-state index contributed by atoms with van der Waals surface area (Å²) < 4.78 is 19.1. The highest BCUT2D eigenvalue weighted by atomic mass is 16.6. The van der Waals surface area contributed by atoms with Gasteiger partial charge in [-0.2, -0.15) is 0 Å². The molecule has 8 atom stereocenters. The Morgan fingerprint density at radius 2 is 2.00 bits per heavy atom. The van der Waals surface area contributed by atoms with Crippen molar-refractivity contribution in [3.63, 3.8) is 0 Å². The Hall–Kier alpha value is -0.870. The van der Waals surface area contributed by atoms with Gasteiger partial charge in [-0.05, 0) is 57.3 Å². The van der Waals surface area contributed by atoms with Gasteiger partial charge in [0.15, 0.2) is 0 Å². The topological polar surface area (TPSA) is 44.8 Å². The van der Waals surface area contributed by atoms with E-state index in [4.69, 9.17) is 14.2 Å². The lowest BCUT2D eigenvalue weighted by molar-refractivity contribution is -0.251. The van der Waals surface area contributed by atoms with Crippen molar-refractivity contribution in [1.82, 2.24) is 0 Å². The normalized spacial score (nSPS) is 50.3. The van der Waals surface area contributed by atoms with E-state index < -0.39 is 5.60 Å². The van der Waals surface area contributed by atoms with Crippen molar-refractivity contribution in [2.75, 3.05) is 0 Å². The van der Waals surface area contributed by atoms with Crippen LogP contribution in [0.5, 0.6) is 0 Å². The molecule has 0 amide bonds. The number of ether oxygens (including phenoxy) is 3. The van der Waals surface area contributed by atoms with Gasteiger partial charge in [0, 0.05) is 19.3 Å². The number of carbonyl (C=O) groups is 1. The van der Waals surface area contributed by atoms with Crippen LogP contribution >= 0.6 is 0 Å². The van der Waals surface area contributed by atoms with Crippen molar-refractivity contribution in [2.45, 2.75) is 96.2 Å². The van der Waals surface area contributed by atoms with Crippen LogP contribution in [0, 0.1) is 23.7 Å². The number of hydrogen-bond donors (Lipinski definition) is 0. The molecular weight excluding hydrogens is 328 g/mol. The van der Waals surface area contributed by atoms with Gasteiger partial charge < -0.3 is 14.2 Å². The number of fused-ring (bicyclic) bond motifs is 8. The average molecular weight is 363 g/mol. The summed E-state index contributed by atoms with van der Waals surface area (Å²) in [5.41, 5.74) is 0.564. The number of rotatable bonds is 2. The van der Waals surface area contributed by atoms with Gasteiger partial charge in [-0.1, -0.05) is 26.0 Å². The zero-order valence-electron chi connectivity index (χ0n) is 16.9. The first-order chi connectivity index (χ1) is 12.1. The van der Waals surface area contributed by atoms with E-state index in [0.717, 1.165) is 25.7 Å². The Bertz CT molecular complexity index is 613. The zero-order chi connectivity index (χ0) is 18.9. The zero-order valence-corrected chi connectivity index (χ0v) is 16.9. The minimum atomic E-state index is -0.478. The molecular formula is C22H34O4. The summed E-state index contributed by atoms with van der Waals surface area (Å²) in [6, 6.07) is 0. The second-order valence-corrected chi connectivity index (χ2v) is 9.87. The molecule has 4 fully saturated rings. The molecule has 0 aromatic carbocycles. The third kappa shape index (κ3) is 2.67. The first-order valence-electron chi connectivity index (χ1n) is 10.3. The fraction of sp³-hybridized carbons (Fsp3) is 0.864. The minimum absolute atomic E-state index is 0.113. The Labute approximate surface area is 157 Å². The maximum Gasteiger partial charge on any atom is 0.303 e. The van der Waals surface area contributed by atoms with Crippen LogP contribution < -0.4 is 0 Å². The molecule has 4 bridgehead atoms. The Balaban J connectivity index is 1.72. The molecule has 3 aliphatic heterocycles. The highest BCUT2D eigenvalue weighted by Crippen LogP contribution is 2.59. The first-order valence-corrected chi connectivity index (χ1v) is 10.3. The van der Waals surface area contributed by atoms with Gasteiger partial charge in [0.05, 0.1) is 17.8 Å². The molecule has 0 spiro atoms. The maximum absolute atomic E-state index is 11.6. The van der Waals surface area contributed by atoms with Gasteiger partial charge in [0.2, 0.25) is 0 Å². The monoisotopic (exact) mass is 362 g/mol. The van der Waals surface area contributed by atoms with E-state index in [0.29, 0.717) is 23.7 Å². The molecule has 3 heterocycles. The molecule has 3 saturated heterocycles. The molecule has 0 aromatic rings. The molecule has 4 heteroatoms. The van der Waals surface area contributed by atoms with E-state index >= 15 is 0 Å². The molecule has 0 radical (unpaired) electrons. The van der Waals surface area contributed by atoms with Crippen molar-refractivity contribution in [2.24, 2.45) is 23.7 Å². The summed E-state index contributed by atoms with van der Waals surface area (Å²) in [7, 11) is 0. The Kier molecular flexibility index (Phi) is 4.31. The molecule has 146 valence electrons. The predicted octanol–water partition coefficient (Wildman–Crippen LogP) is 4.27. The summed E-state index contributed by atoms with van der Waals surface area (Å²) in [5.74, 6) is 2.00. The lowest BCUT2D eigenvalue weighted by atomic mass is 9.59. The third-order valence-electron chi connectivity index (χ3n) is 7.67. The van der Waals surface area contributed by atoms with Crippen molar-refractivity contribution >= 4 is 5.97 Å². The SMILES string of the molecule is C=C1CC[C@H](C(C)C)[C@@H]2[C@H]1[C@@H]1C[C@@]3(C)O[C@](C)(CC[C@@H]3OC(C)=O)[C@H]2O1. The lowest BCUT2D eigenvalue weighted by Gasteiger charge is -2.53. The molecule has 1 aliphatic carbocycles. The van der Waals surface area contributed by atoms with Gasteiger partial charge in [-0.25, -0.2) is 0 Å². The van der Waals surface area contributed by atoms with E-state index in [-0.39, 0.29) is 29.9 Å². The summed E-state index contributed by atoms with van der Waals surface area (Å²) >= 11 is 0. The average Bonchev–Trinajstić information content (AvgIpc) is 2.86. The quantitative estimate of drug-likeness (QED) is 0.543. The van der Waals surface area contributed by atoms with Crippen LogP contribution in [0.1, 0.15) is 66.7 Å². The van der Waals surface area contributed by atoms with Crippen LogP contribution in [0.4, 0.5) is 0 Å². The lowest BCUT2D eigenvalue weighted by Crippen LogP contribution is -2.61. The molecule has 4 rings (SSSR count). The molecule has 0 aromatic heterocycles. The van der Waals surface area contributed by atoms with Crippen LogP contribution in [0.3, 0.4) is 0 Å². The fourth-order valence-corrected chi connectivity index (χ4v) is 6.57. The summed E-state index contributed by atoms with van der Waals surface area (Å²) in [4.78, 5) is 11.6. The summed E-state index contributed by atoms with van der Waals surface area (Å²) in [6.07, 6.45) is 4.88. The number of carbonyl (C=O) groups excluding carboxylic acids is 1. The molecule has 4 nitrogen and oxygen atoms in total. The van der Waals surface area contributed by atoms with Crippen LogP contribution in [-0.4, -0.2) is 35.5 Å². The van der Waals surface area contributed by atoms with Crippen LogP contribution in [0.25, 0.3) is 0 Å². The van der Waals surface area contributed by atoms with Crippen molar-refractivity contribution < 1.29 is 19.0 Å². The second kappa shape index (κ2) is 6.07. The van der Waals surface area contributed by atoms with Crippen LogP contribution in [0.2, 0.25) is 0 Å². The highest BCUT2D eigenvalue weighted by Gasteiger charge is 2.65. The molecule has 4 aliphatic rings. The third-order valence-corrected chi connectivity index (χ3v) is 7.67. The standard InChI is InChI=1S/C22H34O4/c1-12(2)15-8-7-13(3)18-16-11-22(6)17(24-14(4)23)9-10-21(5,26-22)20(25-16)19(15)18/h12,15-20H,3,7-11H2,1-2,4-6H3/t15-,16+,17+,18-,19-,20+,21-,22-/m1/s1. The van der Waals surface area contributed by atoms with E-state index in [1.54, 1.807) is 0 Å². The van der Waals surface area contributed by atoms with Crippen LogP contribution in [0.15, 0.2) is 12.2 Å². The van der Waals surface area contributed by atoms with Gasteiger partial charge in [0.1, 0.15) is 11.7 Å². The van der Waals surface area contributed by atoms with E-state index in [1.165, 1.54) is 18.9 Å². The molecule has 1 saturated carbocycles. The Morgan fingerprint density at radius 3 is 2.65 bits per heavy atom. The second-order valence-electron chi connectivity index (χ2n) is 9.87. The Morgan fingerprint density at radius 1 is 1.27 bits per heavy atom. The predicted molar refractivity (Wildman–Crippen MR) is 99.6 cm³/mol. The number of hydrogen-bond acceptors (Lipinski definition) is 4. The van der Waals surface area contributed by atoms with Gasteiger partial charge in [-0.15, -0.1) is 0 Å². The summed E-state index contributed by atoms with van der Waals surface area (Å²) in [6.45, 7) is 15.0. The number of esters is 1. The largest absolute Gasteiger partial charge is 0.459 e. The minimum Gasteiger partial charge on any atom is -0.459 e. The van der Waals surface area contributed by atoms with Crippen molar-refractivity contribution in [3.05, 3.63) is 12.2 Å². The van der Waals surface area contributed by atoms with Gasteiger partial charge in [-0.3, -0.25) is 4.79 Å². The first kappa shape index (κ1) is 18.5.